The Morgan fingerprint density at radius 3 is 2.72 bits per heavy atom. The highest BCUT2D eigenvalue weighted by molar-refractivity contribution is 7.92. The van der Waals surface area contributed by atoms with E-state index in [4.69, 9.17) is 9.47 Å². The number of rotatable bonds is 6. The van der Waals surface area contributed by atoms with Crippen molar-refractivity contribution in [1.82, 2.24) is 9.88 Å². The predicted octanol–water partition coefficient (Wildman–Crippen LogP) is 3.63. The first-order valence-corrected chi connectivity index (χ1v) is 11.8. The van der Waals surface area contributed by atoms with Gasteiger partial charge in [-0.2, -0.15) is 0 Å². The number of benzene rings is 1. The molecule has 0 aliphatic carbocycles. The second-order valence-electron chi connectivity index (χ2n) is 7.89. The lowest BCUT2D eigenvalue weighted by Gasteiger charge is -2.30. The highest BCUT2D eigenvalue weighted by atomic mass is 32.2. The molecule has 4 rings (SSSR count). The molecule has 2 aliphatic heterocycles. The van der Waals surface area contributed by atoms with Crippen LogP contribution in [0, 0.1) is 0 Å². The average Bonchev–Trinajstić information content (AvgIpc) is 3.14. The molecule has 29 heavy (non-hydrogen) atoms. The summed E-state index contributed by atoms with van der Waals surface area (Å²) in [5, 5.41) is -0.685. The van der Waals surface area contributed by atoms with Gasteiger partial charge >= 0.3 is 0 Å². The van der Waals surface area contributed by atoms with Crippen molar-refractivity contribution in [2.75, 3.05) is 19.7 Å². The number of aromatic nitrogens is 1. The van der Waals surface area contributed by atoms with Crippen LogP contribution in [0.5, 0.6) is 11.5 Å². The zero-order valence-electron chi connectivity index (χ0n) is 17.0. The van der Waals surface area contributed by atoms with Gasteiger partial charge in [-0.25, -0.2) is 13.4 Å². The summed E-state index contributed by atoms with van der Waals surface area (Å²) < 4.78 is 37.4. The molecule has 0 amide bonds. The quantitative estimate of drug-likeness (QED) is 0.670. The van der Waals surface area contributed by atoms with Crippen molar-refractivity contribution in [3.05, 3.63) is 48.2 Å². The predicted molar refractivity (Wildman–Crippen MR) is 111 cm³/mol. The van der Waals surface area contributed by atoms with Crippen LogP contribution in [-0.2, 0) is 9.84 Å². The lowest BCUT2D eigenvalue weighted by molar-refractivity contribution is 0.186. The molecule has 1 fully saturated rings. The number of hydrogen-bond donors (Lipinski definition) is 0. The van der Waals surface area contributed by atoms with Crippen LogP contribution in [0.2, 0.25) is 0 Å². The minimum Gasteiger partial charge on any atom is -0.494 e. The van der Waals surface area contributed by atoms with Crippen molar-refractivity contribution >= 4 is 9.84 Å². The molecule has 3 atom stereocenters. The molecule has 156 valence electrons. The van der Waals surface area contributed by atoms with Crippen LogP contribution in [0.1, 0.15) is 44.8 Å². The van der Waals surface area contributed by atoms with Crippen molar-refractivity contribution in [1.29, 1.82) is 0 Å². The maximum atomic E-state index is 12.8. The van der Waals surface area contributed by atoms with Gasteiger partial charge in [0, 0.05) is 18.8 Å². The molecule has 0 unspecified atom stereocenters. The van der Waals surface area contributed by atoms with E-state index in [2.05, 4.69) is 16.8 Å². The normalized spacial score (nSPS) is 25.9. The number of hydrogen-bond acceptors (Lipinski definition) is 6. The summed E-state index contributed by atoms with van der Waals surface area (Å²) >= 11 is 0. The Kier molecular flexibility index (Phi) is 5.79. The van der Waals surface area contributed by atoms with Crippen LogP contribution in [0.25, 0.3) is 0 Å². The first-order chi connectivity index (χ1) is 14.0. The number of sulfone groups is 1. The number of pyridine rings is 1. The molecule has 1 saturated heterocycles. The zero-order chi connectivity index (χ0) is 20.4. The van der Waals surface area contributed by atoms with Gasteiger partial charge in [0.05, 0.1) is 6.61 Å². The van der Waals surface area contributed by atoms with Gasteiger partial charge in [0.25, 0.3) is 0 Å². The maximum absolute atomic E-state index is 12.8. The third kappa shape index (κ3) is 4.12. The van der Waals surface area contributed by atoms with Gasteiger partial charge in [0.1, 0.15) is 17.1 Å². The topological polar surface area (TPSA) is 68.7 Å². The molecular weight excluding hydrogens is 388 g/mol. The molecule has 1 aromatic carbocycles. The molecule has 0 N–H and O–H groups in total. The van der Waals surface area contributed by atoms with E-state index < -0.39 is 21.2 Å². The van der Waals surface area contributed by atoms with Gasteiger partial charge < -0.3 is 14.4 Å². The third-order valence-electron chi connectivity index (χ3n) is 5.93. The largest absolute Gasteiger partial charge is 0.494 e. The molecule has 0 radical (unpaired) electrons. The Morgan fingerprint density at radius 2 is 2.00 bits per heavy atom. The van der Waals surface area contributed by atoms with E-state index >= 15 is 0 Å². The number of ether oxygens (including phenoxy) is 2. The lowest BCUT2D eigenvalue weighted by atomic mass is 10.1. The van der Waals surface area contributed by atoms with Crippen molar-refractivity contribution < 1.29 is 17.9 Å². The van der Waals surface area contributed by atoms with Crippen LogP contribution in [0.15, 0.2) is 47.6 Å². The maximum Gasteiger partial charge on any atom is 0.205 e. The van der Waals surface area contributed by atoms with Crippen molar-refractivity contribution in [2.24, 2.45) is 0 Å². The van der Waals surface area contributed by atoms with Crippen LogP contribution in [0.3, 0.4) is 0 Å². The Morgan fingerprint density at radius 1 is 1.21 bits per heavy atom. The third-order valence-corrected chi connectivity index (χ3v) is 8.00. The lowest BCUT2D eigenvalue weighted by Crippen LogP contribution is -2.34. The number of likely N-dealkylation sites (tertiary alicyclic amines) is 1. The van der Waals surface area contributed by atoms with Gasteiger partial charge in [0.15, 0.2) is 10.8 Å². The van der Waals surface area contributed by atoms with Gasteiger partial charge in [-0.3, -0.25) is 0 Å². The van der Waals surface area contributed by atoms with Gasteiger partial charge in [-0.05, 0) is 69.5 Å². The van der Waals surface area contributed by atoms with Gasteiger partial charge in [0.2, 0.25) is 9.84 Å². The van der Waals surface area contributed by atoms with Crippen molar-refractivity contribution in [3.63, 3.8) is 0 Å². The smallest absolute Gasteiger partial charge is 0.205 e. The minimum absolute atomic E-state index is 0.0241. The zero-order valence-corrected chi connectivity index (χ0v) is 17.8. The highest BCUT2D eigenvalue weighted by Gasteiger charge is 2.41. The molecule has 2 aromatic rings. The summed E-state index contributed by atoms with van der Waals surface area (Å²) in [4.78, 5) is 6.52. The molecule has 0 bridgehead atoms. The van der Waals surface area contributed by atoms with Crippen LogP contribution in [0.4, 0.5) is 0 Å². The summed E-state index contributed by atoms with van der Waals surface area (Å²) in [6.07, 6.45) is 4.49. The summed E-state index contributed by atoms with van der Waals surface area (Å²) in [7, 11) is -3.53. The van der Waals surface area contributed by atoms with Gasteiger partial charge in [-0.1, -0.05) is 12.1 Å². The van der Waals surface area contributed by atoms with E-state index in [1.165, 1.54) is 25.6 Å². The van der Waals surface area contributed by atoms with Crippen molar-refractivity contribution in [2.45, 2.75) is 55.5 Å². The van der Waals surface area contributed by atoms with Gasteiger partial charge in [-0.15, -0.1) is 0 Å². The van der Waals surface area contributed by atoms with Crippen LogP contribution >= 0.6 is 0 Å². The SMILES string of the molecule is C[C@@H]1CCCN1CCCOc1ccc([C@H]2Oc3cccnc3S(=O)(=O)[C@@H]2C)cc1. The first kappa shape index (κ1) is 20.2. The summed E-state index contributed by atoms with van der Waals surface area (Å²) in [5.41, 5.74) is 0.814. The summed E-state index contributed by atoms with van der Waals surface area (Å²) in [6.45, 7) is 6.89. The first-order valence-electron chi connectivity index (χ1n) is 10.3. The molecule has 0 spiro atoms. The summed E-state index contributed by atoms with van der Waals surface area (Å²) in [6, 6.07) is 11.6. The fourth-order valence-corrected chi connectivity index (χ4v) is 5.62. The summed E-state index contributed by atoms with van der Waals surface area (Å²) in [5.74, 6) is 1.10. The Balaban J connectivity index is 1.38. The Labute approximate surface area is 172 Å². The standard InChI is InChI=1S/C22H28N2O4S/c1-16-6-4-13-24(16)14-5-15-27-19-10-8-18(9-11-19)21-17(2)29(25,26)22-20(28-21)7-3-12-23-22/h3,7-12,16-17,21H,4-6,13-15H2,1-2H3/t16-,17-,21+/m1/s1. The molecule has 2 aliphatic rings. The van der Waals surface area contributed by atoms with E-state index in [0.717, 1.165) is 24.3 Å². The molecule has 7 heteroatoms. The van der Waals surface area contributed by atoms with E-state index in [1.807, 2.05) is 24.3 Å². The van der Waals surface area contributed by atoms with Crippen LogP contribution < -0.4 is 9.47 Å². The van der Waals surface area contributed by atoms with Crippen LogP contribution in [-0.4, -0.2) is 49.3 Å². The number of fused-ring (bicyclic) bond motifs is 1. The molecule has 0 saturated carbocycles. The van der Waals surface area contributed by atoms with Crippen molar-refractivity contribution in [3.8, 4) is 11.5 Å². The molecule has 1 aromatic heterocycles. The fraction of sp³-hybridized carbons (Fsp3) is 0.500. The van der Waals surface area contributed by atoms with E-state index in [-0.39, 0.29) is 5.03 Å². The van der Waals surface area contributed by atoms with E-state index in [9.17, 15) is 8.42 Å². The van der Waals surface area contributed by atoms with E-state index in [0.29, 0.717) is 18.4 Å². The number of nitrogens with zero attached hydrogens (tertiary/aromatic N) is 2. The highest BCUT2D eigenvalue weighted by Crippen LogP contribution is 2.39. The second-order valence-corrected chi connectivity index (χ2v) is 10.1. The molecular formula is C22H28N2O4S. The molecule has 6 nitrogen and oxygen atoms in total. The Bertz CT molecular complexity index is 946. The minimum atomic E-state index is -3.53. The Hall–Kier alpha value is -2.12. The monoisotopic (exact) mass is 416 g/mol. The fourth-order valence-electron chi connectivity index (χ4n) is 4.13. The van der Waals surface area contributed by atoms with E-state index in [1.54, 1.807) is 19.1 Å². The molecule has 3 heterocycles. The average molecular weight is 417 g/mol. The second kappa shape index (κ2) is 8.32.